The highest BCUT2D eigenvalue weighted by molar-refractivity contribution is 7.17. The fourth-order valence-electron chi connectivity index (χ4n) is 5.09. The molecular formula is C31H44BN9O6S. The molecule has 3 amide bonds. The van der Waals surface area contributed by atoms with Crippen LogP contribution in [0.15, 0.2) is 47.7 Å². The van der Waals surface area contributed by atoms with Gasteiger partial charge in [0.25, 0.3) is 11.8 Å². The molecule has 2 aromatic rings. The molecule has 258 valence electrons. The fourth-order valence-corrected chi connectivity index (χ4v) is 5.94. The van der Waals surface area contributed by atoms with E-state index < -0.39 is 17.4 Å². The minimum absolute atomic E-state index is 0.109. The van der Waals surface area contributed by atoms with Gasteiger partial charge in [-0.25, -0.2) is 4.98 Å². The molecule has 0 unspecified atom stereocenters. The van der Waals surface area contributed by atoms with E-state index in [0.717, 1.165) is 52.0 Å². The van der Waals surface area contributed by atoms with Crippen molar-refractivity contribution in [2.45, 2.75) is 45.0 Å². The molecule has 17 heteroatoms. The first-order valence-corrected chi connectivity index (χ1v) is 16.6. The fraction of sp³-hybridized carbons (Fsp3) is 0.484. The number of allylic oxidation sites excluding steroid dienone is 1. The Bertz CT molecular complexity index is 1530. The predicted molar refractivity (Wildman–Crippen MR) is 183 cm³/mol. The van der Waals surface area contributed by atoms with E-state index in [-0.39, 0.29) is 29.3 Å². The van der Waals surface area contributed by atoms with E-state index in [0.29, 0.717) is 39.5 Å². The lowest BCUT2D eigenvalue weighted by atomic mass is 10.0. The lowest BCUT2D eigenvalue weighted by Crippen LogP contribution is -2.50. The summed E-state index contributed by atoms with van der Waals surface area (Å²) in [6.07, 6.45) is 5.05. The van der Waals surface area contributed by atoms with Crippen LogP contribution in [-0.2, 0) is 9.59 Å². The van der Waals surface area contributed by atoms with Gasteiger partial charge >= 0.3 is 0 Å². The summed E-state index contributed by atoms with van der Waals surface area (Å²) in [7, 11) is 6.53. The zero-order valence-electron chi connectivity index (χ0n) is 27.4. The quantitative estimate of drug-likeness (QED) is 0.0401. The lowest BCUT2D eigenvalue weighted by molar-refractivity contribution is -0.142. The Balaban J connectivity index is 1.46. The summed E-state index contributed by atoms with van der Waals surface area (Å²) < 4.78 is 5.70. The van der Waals surface area contributed by atoms with Crippen molar-refractivity contribution in [2.75, 3.05) is 51.7 Å². The number of benzene rings is 1. The average Bonchev–Trinajstić information content (AvgIpc) is 3.78. The van der Waals surface area contributed by atoms with Gasteiger partial charge < -0.3 is 52.6 Å². The smallest absolute Gasteiger partial charge is 0.272 e. The summed E-state index contributed by atoms with van der Waals surface area (Å²) >= 11 is 1.19. The number of piperazine rings is 1. The number of carbonyl (C=O) groups excluding carboxylic acids is 3. The van der Waals surface area contributed by atoms with E-state index in [1.165, 1.54) is 30.7 Å². The number of methoxy groups -OCH3 is 1. The summed E-state index contributed by atoms with van der Waals surface area (Å²) in [5.74, 6) is -4.64. The number of hydrogen-bond acceptors (Lipinski definition) is 13. The van der Waals surface area contributed by atoms with Crippen LogP contribution in [0.4, 0.5) is 5.69 Å². The zero-order chi connectivity index (χ0) is 35.0. The molecule has 1 saturated heterocycles. The Morgan fingerprint density at radius 3 is 2.52 bits per heavy atom. The summed E-state index contributed by atoms with van der Waals surface area (Å²) in [4.78, 5) is 47.6. The molecule has 1 aromatic carbocycles. The molecule has 1 aliphatic carbocycles. The molecule has 2 aliphatic rings. The van der Waals surface area contributed by atoms with Crippen LogP contribution in [0.25, 0.3) is 10.6 Å². The van der Waals surface area contributed by atoms with Crippen molar-refractivity contribution in [3.8, 4) is 16.3 Å². The maximum atomic E-state index is 12.9. The van der Waals surface area contributed by atoms with Gasteiger partial charge in [-0.2, -0.15) is 0 Å². The molecule has 0 atom stereocenters. The standard InChI is InChI=1S/C31H44BN9O6S/c1-18(2)41-14-12-40(13-15-41)11-5-10-35-28(43)23-17-36-30(48-23)20-6-4-7-21(26(20)47-3)37-22(25(34)29(44)39-31(32,45)46)16-24(33)38-27(42)19-8-9-19/h4,6-7,16-19,37,45-46H,5,8-15,33-34H2,1-3H3,(H,35,43)(H,38,42)(H,39,44)/b24-16+,25-22+. The molecule has 2 heterocycles. The van der Waals surface area contributed by atoms with Crippen LogP contribution in [0, 0.1) is 5.92 Å². The normalized spacial score (nSPS) is 16.7. The van der Waals surface area contributed by atoms with E-state index in [9.17, 15) is 24.6 Å². The molecule has 2 fully saturated rings. The van der Waals surface area contributed by atoms with Crippen LogP contribution >= 0.6 is 11.3 Å². The summed E-state index contributed by atoms with van der Waals surface area (Å²) in [6.45, 7) is 10.0. The molecule has 0 bridgehead atoms. The highest BCUT2D eigenvalue weighted by atomic mass is 32.1. The third-order valence-electron chi connectivity index (χ3n) is 7.87. The van der Waals surface area contributed by atoms with Crippen molar-refractivity contribution in [1.82, 2.24) is 30.7 Å². The highest BCUT2D eigenvalue weighted by Crippen LogP contribution is 2.39. The van der Waals surface area contributed by atoms with E-state index in [2.05, 4.69) is 44.6 Å². The Morgan fingerprint density at radius 2 is 1.90 bits per heavy atom. The SMILES string of the molecule is [B]C(O)(O)NC(=O)/C(N)=C(/C=C(\N)NC(=O)C1CC1)Nc1cccc(-c2ncc(C(=O)NCCCN3CCN(C(C)C)CC3)s2)c1OC. The van der Waals surface area contributed by atoms with Gasteiger partial charge in [0.1, 0.15) is 21.4 Å². The molecule has 1 aromatic heterocycles. The Hall–Kier alpha value is -4.16. The van der Waals surface area contributed by atoms with Crippen molar-refractivity contribution in [1.29, 1.82) is 0 Å². The van der Waals surface area contributed by atoms with Gasteiger partial charge in [0.05, 0.1) is 30.3 Å². The number of thiazole rings is 1. The molecule has 48 heavy (non-hydrogen) atoms. The molecule has 4 rings (SSSR count). The van der Waals surface area contributed by atoms with Crippen LogP contribution in [0.1, 0.15) is 42.8 Å². The van der Waals surface area contributed by atoms with Gasteiger partial charge in [-0.15, -0.1) is 11.3 Å². The Labute approximate surface area is 285 Å². The molecule has 2 radical (unpaired) electrons. The molecule has 15 nitrogen and oxygen atoms in total. The molecule has 0 spiro atoms. The molecular weight excluding hydrogens is 637 g/mol. The van der Waals surface area contributed by atoms with Crippen LogP contribution in [0.2, 0.25) is 0 Å². The lowest BCUT2D eigenvalue weighted by Gasteiger charge is -2.36. The number of nitrogens with zero attached hydrogens (tertiary/aromatic N) is 3. The van der Waals surface area contributed by atoms with Gasteiger partial charge in [-0.3, -0.25) is 19.3 Å². The molecule has 10 N–H and O–H groups in total. The molecule has 1 aliphatic heterocycles. The summed E-state index contributed by atoms with van der Waals surface area (Å²) in [6, 6.07) is 5.64. The topological polar surface area (TPSA) is 220 Å². The maximum Gasteiger partial charge on any atom is 0.272 e. The van der Waals surface area contributed by atoms with Crippen molar-refractivity contribution >= 4 is 42.6 Å². The first-order chi connectivity index (χ1) is 22.8. The van der Waals surface area contributed by atoms with Gasteiger partial charge in [0.15, 0.2) is 19.4 Å². The van der Waals surface area contributed by atoms with Crippen molar-refractivity contribution < 1.29 is 29.3 Å². The van der Waals surface area contributed by atoms with Crippen LogP contribution in [0.5, 0.6) is 5.75 Å². The van der Waals surface area contributed by atoms with E-state index in [1.807, 2.05) is 0 Å². The summed E-state index contributed by atoms with van der Waals surface area (Å²) in [5.41, 5.74) is 12.3. The number of para-hydroxylation sites is 1. The van der Waals surface area contributed by atoms with E-state index >= 15 is 0 Å². The zero-order valence-corrected chi connectivity index (χ0v) is 28.2. The second kappa shape index (κ2) is 16.3. The predicted octanol–water partition coefficient (Wildman–Crippen LogP) is -0.246. The minimum Gasteiger partial charge on any atom is -0.494 e. The number of hydrogen-bond donors (Lipinski definition) is 8. The Morgan fingerprint density at radius 1 is 1.19 bits per heavy atom. The largest absolute Gasteiger partial charge is 0.494 e. The number of carbonyl (C=O) groups is 3. The number of aliphatic hydroxyl groups is 2. The number of anilines is 1. The van der Waals surface area contributed by atoms with Crippen LogP contribution < -0.4 is 37.5 Å². The first-order valence-electron chi connectivity index (χ1n) is 15.7. The Kier molecular flexibility index (Phi) is 12.5. The number of nitrogens with two attached hydrogens (primary N) is 2. The second-order valence-electron chi connectivity index (χ2n) is 12.0. The van der Waals surface area contributed by atoms with Crippen LogP contribution in [-0.4, -0.2) is 109 Å². The maximum absolute atomic E-state index is 12.9. The number of aromatic nitrogens is 1. The van der Waals surface area contributed by atoms with Crippen LogP contribution in [0.3, 0.4) is 0 Å². The van der Waals surface area contributed by atoms with E-state index in [4.69, 9.17) is 24.1 Å². The summed E-state index contributed by atoms with van der Waals surface area (Å²) in [5, 5.41) is 29.6. The van der Waals surface area contributed by atoms with Gasteiger partial charge in [-0.05, 0) is 51.8 Å². The second-order valence-corrected chi connectivity index (χ2v) is 13.0. The minimum atomic E-state index is -3.04. The van der Waals surface area contributed by atoms with Crippen molar-refractivity contribution in [3.63, 3.8) is 0 Å². The molecule has 1 saturated carbocycles. The number of amides is 3. The van der Waals surface area contributed by atoms with Gasteiger partial charge in [0.2, 0.25) is 5.91 Å². The monoisotopic (exact) mass is 681 g/mol. The van der Waals surface area contributed by atoms with E-state index in [1.54, 1.807) is 23.5 Å². The number of rotatable bonds is 15. The highest BCUT2D eigenvalue weighted by Gasteiger charge is 2.30. The number of ether oxygens (including phenoxy) is 1. The first kappa shape index (κ1) is 36.7. The van der Waals surface area contributed by atoms with Crippen molar-refractivity contribution in [3.05, 3.63) is 52.6 Å². The number of nitrogens with one attached hydrogen (secondary N) is 4. The van der Waals surface area contributed by atoms with Gasteiger partial charge in [-0.1, -0.05) is 6.07 Å². The third-order valence-corrected chi connectivity index (χ3v) is 8.90. The van der Waals surface area contributed by atoms with Crippen molar-refractivity contribution in [2.24, 2.45) is 17.4 Å². The van der Waals surface area contributed by atoms with Gasteiger partial charge in [0, 0.05) is 50.8 Å². The third kappa shape index (κ3) is 10.4. The average molecular weight is 682 g/mol.